The molecule has 0 radical (unpaired) electrons. The number of rotatable bonds is 8. The van der Waals surface area contributed by atoms with Crippen LogP contribution in [0.1, 0.15) is 0 Å². The minimum absolute atomic E-state index is 0. The van der Waals surface area contributed by atoms with Gasteiger partial charge in [0.1, 0.15) is 0 Å². The van der Waals surface area contributed by atoms with Crippen molar-refractivity contribution < 1.29 is 21.1 Å². The van der Waals surface area contributed by atoms with E-state index in [1.54, 1.807) is 0 Å². The van der Waals surface area contributed by atoms with E-state index in [1.165, 1.54) is 0 Å². The summed E-state index contributed by atoms with van der Waals surface area (Å²) in [6.07, 6.45) is 0. The zero-order chi connectivity index (χ0) is 62.2. The molecule has 9 heteroatoms. The number of benzene rings is 12. The number of anilines is 4. The van der Waals surface area contributed by atoms with E-state index in [0.717, 1.165) is 199 Å². The molecule has 2 aliphatic heterocycles. The second kappa shape index (κ2) is 22.3. The molecule has 0 spiro atoms. The summed E-state index contributed by atoms with van der Waals surface area (Å²) in [7, 11) is 16.8. The molecule has 0 saturated heterocycles. The normalized spacial score (nSPS) is 11.8. The molecule has 93 heavy (non-hydrogen) atoms. The van der Waals surface area contributed by atoms with Crippen molar-refractivity contribution in [1.82, 2.24) is 19.9 Å². The Hall–Kier alpha value is -10.8. The molecule has 450 valence electrons. The first-order valence-corrected chi connectivity index (χ1v) is 31.5. The van der Waals surface area contributed by atoms with Crippen molar-refractivity contribution in [3.05, 3.63) is 243 Å². The Balaban J connectivity index is 0.00000686. The van der Waals surface area contributed by atoms with Gasteiger partial charge in [-0.05, 0) is 206 Å². The summed E-state index contributed by atoms with van der Waals surface area (Å²) in [5, 5.41) is 13.1. The van der Waals surface area contributed by atoms with Gasteiger partial charge in [-0.2, -0.15) is 0 Å². The van der Waals surface area contributed by atoms with Crippen molar-refractivity contribution in [2.75, 3.05) is 76.0 Å². The van der Waals surface area contributed by atoms with Gasteiger partial charge >= 0.3 is 21.1 Å². The van der Waals surface area contributed by atoms with E-state index in [2.05, 4.69) is 319 Å². The molecule has 2 aromatic heterocycles. The molecule has 0 N–H and O–H groups in total. The van der Waals surface area contributed by atoms with Crippen molar-refractivity contribution in [1.29, 1.82) is 0 Å². The topological polar surface area (TPSA) is 66.9 Å². The first-order chi connectivity index (χ1) is 44.9. The van der Waals surface area contributed by atoms with Gasteiger partial charge in [0.2, 0.25) is 0 Å². The van der Waals surface area contributed by atoms with Gasteiger partial charge in [0.05, 0.1) is 22.8 Å². The quantitative estimate of drug-likeness (QED) is 0.149. The average molecular weight is 1380 g/mol. The minimum Gasteiger partial charge on any atom is -0.656 e. The molecule has 4 heterocycles. The summed E-state index contributed by atoms with van der Waals surface area (Å²) in [5.74, 6) is 0. The third-order valence-corrected chi connectivity index (χ3v) is 19.1. The predicted octanol–water partition coefficient (Wildman–Crippen LogP) is 20.1. The van der Waals surface area contributed by atoms with Gasteiger partial charge in [0.15, 0.2) is 0 Å². The molecular formula is C84H64N8Pt. The second-order valence-electron chi connectivity index (χ2n) is 25.5. The predicted molar refractivity (Wildman–Crippen MR) is 392 cm³/mol. The van der Waals surface area contributed by atoms with Crippen LogP contribution in [0.3, 0.4) is 0 Å². The Morgan fingerprint density at radius 1 is 0.237 bits per heavy atom. The third kappa shape index (κ3) is 9.37. The fraction of sp³-hybridized carbons (Fsp3) is 0.0952. The fourth-order valence-corrected chi connectivity index (χ4v) is 14.2. The maximum atomic E-state index is 6.26. The average Bonchev–Trinajstić information content (AvgIpc) is 1.56. The van der Waals surface area contributed by atoms with Gasteiger partial charge in [-0.25, -0.2) is 9.97 Å². The van der Waals surface area contributed by atoms with Gasteiger partial charge < -0.3 is 29.6 Å². The SMILES string of the molecule is CN(C)c1ccc(-c2c3nc(c(-c4ccc(N(C)C)cc4)c4[n-]c(c(-c5ccc(N(C)C)cc5)c5nc(c(-c6ccc(N(C)C)cc6)c6[n-]c2c2cc7ccccc7cc62)-c2cc6ccccc6cc2-5)c2cc5ccccc5cc42)-c2cc4ccccc4cc2-3)cc1.[Pt+2]. The van der Waals surface area contributed by atoms with Crippen LogP contribution in [-0.2, 0) is 21.1 Å². The largest absolute Gasteiger partial charge is 2.00 e. The van der Waals surface area contributed by atoms with E-state index in [0.29, 0.717) is 0 Å². The Kier molecular flexibility index (Phi) is 13.7. The van der Waals surface area contributed by atoms with Crippen LogP contribution in [0, 0.1) is 0 Å². The van der Waals surface area contributed by atoms with E-state index in [4.69, 9.17) is 19.9 Å². The number of fused-ring (bicyclic) bond motifs is 4. The summed E-state index contributed by atoms with van der Waals surface area (Å²) in [6.45, 7) is 0. The van der Waals surface area contributed by atoms with Crippen LogP contribution >= 0.6 is 0 Å². The van der Waals surface area contributed by atoms with Crippen molar-refractivity contribution in [2.45, 2.75) is 0 Å². The molecule has 1 aliphatic carbocycles. The van der Waals surface area contributed by atoms with Crippen molar-refractivity contribution >= 4 is 109 Å². The van der Waals surface area contributed by atoms with Crippen molar-refractivity contribution in [2.24, 2.45) is 0 Å². The van der Waals surface area contributed by atoms with Crippen LogP contribution in [0.4, 0.5) is 22.7 Å². The zero-order valence-corrected chi connectivity index (χ0v) is 55.3. The molecule has 8 bridgehead atoms. The molecule has 0 fully saturated rings. The summed E-state index contributed by atoms with van der Waals surface area (Å²) in [4.78, 5) is 33.7. The van der Waals surface area contributed by atoms with Crippen molar-refractivity contribution in [3.63, 3.8) is 0 Å². The monoisotopic (exact) mass is 1380 g/mol. The molecule has 8 nitrogen and oxygen atoms in total. The van der Waals surface area contributed by atoms with E-state index >= 15 is 0 Å². The molecular weight excluding hydrogens is 1320 g/mol. The standard InChI is InChI=1S/C84H64N8.Pt/c1-89(2)61-33-25-49(26-34-61)73-77-65-41-53-17-9-11-19-55(53)43-67(65)79(85-77)74(50-27-35-62(36-28-50)90(3)4)81-69-45-57-21-13-15-23-59(57)47-71(69)83(87-81)76(52-31-39-64(40-32-52)92(7)8)84-72-48-60-24-16-14-22-58(60)46-70(72)82(88-84)75(51-29-37-63(38-30-51)91(5)6)80-68-44-56-20-12-10-18-54(56)42-66(68)78(73)86-80;/h9-48H,1-8H3;/q-2;+2. The molecule has 17 rings (SSSR count). The molecule has 3 aliphatic rings. The summed E-state index contributed by atoms with van der Waals surface area (Å²) < 4.78 is 0. The van der Waals surface area contributed by atoms with E-state index in [9.17, 15) is 0 Å². The maximum Gasteiger partial charge on any atom is 2.00 e. The molecule has 14 aromatic rings. The molecule has 0 amide bonds. The van der Waals surface area contributed by atoms with E-state index in [1.807, 2.05) is 0 Å². The van der Waals surface area contributed by atoms with Gasteiger partial charge in [0, 0.05) is 101 Å². The first-order valence-electron chi connectivity index (χ1n) is 31.5. The summed E-state index contributed by atoms with van der Waals surface area (Å²) in [5.41, 5.74) is 22.9. The van der Waals surface area contributed by atoms with Crippen LogP contribution in [0.5, 0.6) is 0 Å². The van der Waals surface area contributed by atoms with Gasteiger partial charge in [0.25, 0.3) is 0 Å². The fourth-order valence-electron chi connectivity index (χ4n) is 14.2. The van der Waals surface area contributed by atoms with Crippen LogP contribution in [0.15, 0.2) is 243 Å². The van der Waals surface area contributed by atoms with Crippen LogP contribution in [0.2, 0.25) is 0 Å². The number of aromatic nitrogens is 4. The van der Waals surface area contributed by atoms with Crippen LogP contribution in [0.25, 0.3) is 176 Å². The number of hydrogen-bond acceptors (Lipinski definition) is 6. The van der Waals surface area contributed by atoms with Gasteiger partial charge in [-0.15, -0.1) is 22.1 Å². The Morgan fingerprint density at radius 3 is 0.602 bits per heavy atom. The van der Waals surface area contributed by atoms with Crippen LogP contribution < -0.4 is 29.6 Å². The van der Waals surface area contributed by atoms with E-state index < -0.39 is 0 Å². The third-order valence-electron chi connectivity index (χ3n) is 19.1. The number of nitrogens with zero attached hydrogens (tertiary/aromatic N) is 8. The van der Waals surface area contributed by atoms with Gasteiger partial charge in [-0.3, -0.25) is 0 Å². The Bertz CT molecular complexity index is 5040. The van der Waals surface area contributed by atoms with E-state index in [-0.39, 0.29) is 21.1 Å². The molecule has 0 saturated carbocycles. The summed E-state index contributed by atoms with van der Waals surface area (Å²) >= 11 is 0. The molecule has 0 atom stereocenters. The minimum atomic E-state index is 0. The Morgan fingerprint density at radius 2 is 0.419 bits per heavy atom. The van der Waals surface area contributed by atoms with Crippen molar-refractivity contribution in [3.8, 4) is 89.5 Å². The zero-order valence-electron chi connectivity index (χ0n) is 53.0. The smallest absolute Gasteiger partial charge is 0.656 e. The van der Waals surface area contributed by atoms with Gasteiger partial charge in [-0.1, -0.05) is 146 Å². The number of hydrogen-bond donors (Lipinski definition) is 0. The first kappa shape index (κ1) is 57.4. The summed E-state index contributed by atoms with van der Waals surface area (Å²) in [6, 6.07) is 89.6. The molecule has 0 unspecified atom stereocenters. The maximum absolute atomic E-state index is 6.26. The second-order valence-corrected chi connectivity index (χ2v) is 25.5. The Labute approximate surface area is 555 Å². The molecule has 12 aromatic carbocycles. The van der Waals surface area contributed by atoms with Crippen LogP contribution in [-0.4, -0.2) is 66.3 Å².